The van der Waals surface area contributed by atoms with Crippen LogP contribution in [0.15, 0.2) is 34.3 Å². The number of aliphatic imine (C=N–C) groups is 2. The van der Waals surface area contributed by atoms with Crippen LogP contribution in [0.2, 0.25) is 0 Å². The summed E-state index contributed by atoms with van der Waals surface area (Å²) in [6.07, 6.45) is 3.83. The second-order valence-corrected chi connectivity index (χ2v) is 6.96. The predicted octanol–water partition coefficient (Wildman–Crippen LogP) is 1.83. The number of likely N-dealkylation sites (tertiary alicyclic amines) is 1. The number of hydrogen-bond donors (Lipinski definition) is 2. The summed E-state index contributed by atoms with van der Waals surface area (Å²) < 4.78 is 27.2. The number of halogens is 2. The molecule has 0 amide bonds. The topological polar surface area (TPSA) is 80.0 Å². The SMILES string of the molecule is NC=NC=NC1CC(c2ccc(F)cc2)CC1N1CC(N)CC(F)C1. The van der Waals surface area contributed by atoms with Crippen molar-refractivity contribution in [3.05, 3.63) is 35.6 Å². The van der Waals surface area contributed by atoms with Gasteiger partial charge in [-0.2, -0.15) is 0 Å². The van der Waals surface area contributed by atoms with Gasteiger partial charge in [-0.25, -0.2) is 13.8 Å². The molecule has 5 unspecified atom stereocenters. The molecule has 5 atom stereocenters. The normalized spacial score (nSPS) is 34.3. The first-order valence-electron chi connectivity index (χ1n) is 8.71. The van der Waals surface area contributed by atoms with Crippen molar-refractivity contribution in [3.8, 4) is 0 Å². The maximum atomic E-state index is 14.0. The molecule has 7 heteroatoms. The maximum Gasteiger partial charge on any atom is 0.123 e. The molecular weight excluding hydrogens is 324 g/mol. The number of benzene rings is 1. The Bertz CT molecular complexity index is 608. The number of nitrogens with zero attached hydrogens (tertiary/aromatic N) is 3. The smallest absolute Gasteiger partial charge is 0.123 e. The molecule has 1 saturated heterocycles. The second-order valence-electron chi connectivity index (χ2n) is 6.96. The van der Waals surface area contributed by atoms with Crippen LogP contribution in [-0.4, -0.2) is 55.0 Å². The van der Waals surface area contributed by atoms with Crippen molar-refractivity contribution in [1.29, 1.82) is 0 Å². The summed E-state index contributed by atoms with van der Waals surface area (Å²) in [7, 11) is 0. The minimum absolute atomic E-state index is 0.00347. The first kappa shape index (κ1) is 17.9. The van der Waals surface area contributed by atoms with Gasteiger partial charge in [-0.05, 0) is 42.9 Å². The largest absolute Gasteiger partial charge is 0.390 e. The molecule has 5 nitrogen and oxygen atoms in total. The van der Waals surface area contributed by atoms with E-state index >= 15 is 0 Å². The van der Waals surface area contributed by atoms with E-state index in [1.54, 1.807) is 0 Å². The van der Waals surface area contributed by atoms with Crippen molar-refractivity contribution in [3.63, 3.8) is 0 Å². The molecule has 1 aliphatic heterocycles. The number of alkyl halides is 1. The average Bonchev–Trinajstić information content (AvgIpc) is 2.99. The Morgan fingerprint density at radius 3 is 2.56 bits per heavy atom. The highest BCUT2D eigenvalue weighted by Crippen LogP contribution is 2.39. The van der Waals surface area contributed by atoms with Gasteiger partial charge < -0.3 is 11.5 Å². The van der Waals surface area contributed by atoms with Crippen molar-refractivity contribution in [1.82, 2.24) is 4.90 Å². The molecule has 136 valence electrons. The van der Waals surface area contributed by atoms with Crippen molar-refractivity contribution >= 4 is 12.7 Å². The molecule has 3 rings (SSSR count). The van der Waals surface area contributed by atoms with Gasteiger partial charge in [0.1, 0.15) is 18.3 Å². The van der Waals surface area contributed by atoms with Gasteiger partial charge >= 0.3 is 0 Å². The van der Waals surface area contributed by atoms with Gasteiger partial charge in [0.2, 0.25) is 0 Å². The summed E-state index contributed by atoms with van der Waals surface area (Å²) in [5.41, 5.74) is 12.4. The molecule has 2 fully saturated rings. The van der Waals surface area contributed by atoms with Gasteiger partial charge in [0.25, 0.3) is 0 Å². The fourth-order valence-electron chi connectivity index (χ4n) is 4.09. The van der Waals surface area contributed by atoms with Crippen LogP contribution in [0.1, 0.15) is 30.7 Å². The summed E-state index contributed by atoms with van der Waals surface area (Å²) in [6.45, 7) is 1.06. The lowest BCUT2D eigenvalue weighted by molar-refractivity contribution is 0.0820. The lowest BCUT2D eigenvalue weighted by atomic mass is 9.96. The summed E-state index contributed by atoms with van der Waals surface area (Å²) >= 11 is 0. The molecular formula is C18H25F2N5. The van der Waals surface area contributed by atoms with E-state index in [1.165, 1.54) is 24.8 Å². The molecule has 4 N–H and O–H groups in total. The van der Waals surface area contributed by atoms with Crippen LogP contribution in [0.3, 0.4) is 0 Å². The van der Waals surface area contributed by atoms with E-state index in [0.717, 1.165) is 18.4 Å². The molecule has 1 saturated carbocycles. The minimum atomic E-state index is -0.902. The van der Waals surface area contributed by atoms with Crippen LogP contribution in [0, 0.1) is 5.82 Å². The van der Waals surface area contributed by atoms with Crippen LogP contribution in [0.25, 0.3) is 0 Å². The molecule has 0 radical (unpaired) electrons. The molecule has 1 aromatic carbocycles. The third kappa shape index (κ3) is 4.41. The summed E-state index contributed by atoms with van der Waals surface area (Å²) in [4.78, 5) is 10.5. The predicted molar refractivity (Wildman–Crippen MR) is 96.2 cm³/mol. The highest BCUT2D eigenvalue weighted by atomic mass is 19.1. The van der Waals surface area contributed by atoms with Gasteiger partial charge in [-0.1, -0.05) is 12.1 Å². The maximum absolute atomic E-state index is 14.0. The van der Waals surface area contributed by atoms with E-state index in [0.29, 0.717) is 19.5 Å². The highest BCUT2D eigenvalue weighted by Gasteiger charge is 2.40. The highest BCUT2D eigenvalue weighted by molar-refractivity contribution is 5.69. The molecule has 0 bridgehead atoms. The van der Waals surface area contributed by atoms with Gasteiger partial charge in [-0.3, -0.25) is 9.89 Å². The number of rotatable bonds is 4. The van der Waals surface area contributed by atoms with Crippen molar-refractivity contribution in [2.45, 2.75) is 49.5 Å². The van der Waals surface area contributed by atoms with Crippen LogP contribution in [-0.2, 0) is 0 Å². The Labute approximate surface area is 146 Å². The van der Waals surface area contributed by atoms with E-state index in [9.17, 15) is 8.78 Å². The zero-order valence-electron chi connectivity index (χ0n) is 14.1. The zero-order chi connectivity index (χ0) is 17.8. The molecule has 1 aliphatic carbocycles. The molecule has 2 aliphatic rings. The Balaban J connectivity index is 1.78. The first-order chi connectivity index (χ1) is 12.1. The minimum Gasteiger partial charge on any atom is -0.390 e. The van der Waals surface area contributed by atoms with Crippen LogP contribution >= 0.6 is 0 Å². The van der Waals surface area contributed by atoms with Crippen LogP contribution in [0.4, 0.5) is 8.78 Å². The average molecular weight is 349 g/mol. The Morgan fingerprint density at radius 1 is 1.12 bits per heavy atom. The first-order valence-corrected chi connectivity index (χ1v) is 8.71. The van der Waals surface area contributed by atoms with Gasteiger partial charge in [-0.15, -0.1) is 0 Å². The third-order valence-electron chi connectivity index (χ3n) is 5.18. The fourth-order valence-corrected chi connectivity index (χ4v) is 4.09. The summed E-state index contributed by atoms with van der Waals surface area (Å²) in [6, 6.07) is 6.55. The summed E-state index contributed by atoms with van der Waals surface area (Å²) in [5.74, 6) is 0.0123. The van der Waals surface area contributed by atoms with E-state index in [4.69, 9.17) is 11.5 Å². The number of piperidine rings is 1. The molecule has 25 heavy (non-hydrogen) atoms. The fraction of sp³-hybridized carbons (Fsp3) is 0.556. The Kier molecular flexibility index (Phi) is 5.75. The monoisotopic (exact) mass is 349 g/mol. The van der Waals surface area contributed by atoms with Gasteiger partial charge in [0, 0.05) is 25.2 Å². The standard InChI is InChI=1S/C18H25F2N5/c19-14-3-1-12(2-4-14)13-5-17(24-11-23-10-21)18(6-13)25-8-15(20)7-16(22)9-25/h1-4,10-11,13,15-18H,5-9,22H2,(H2,21,23,24). The molecule has 0 aromatic heterocycles. The van der Waals surface area contributed by atoms with Crippen molar-refractivity contribution in [2.24, 2.45) is 21.5 Å². The van der Waals surface area contributed by atoms with Crippen molar-refractivity contribution < 1.29 is 8.78 Å². The van der Waals surface area contributed by atoms with E-state index in [-0.39, 0.29) is 29.9 Å². The Morgan fingerprint density at radius 2 is 1.88 bits per heavy atom. The quantitative estimate of drug-likeness (QED) is 0.643. The zero-order valence-corrected chi connectivity index (χ0v) is 14.1. The molecule has 1 heterocycles. The molecule has 0 spiro atoms. The third-order valence-corrected chi connectivity index (χ3v) is 5.18. The lowest BCUT2D eigenvalue weighted by Gasteiger charge is -2.38. The van der Waals surface area contributed by atoms with Gasteiger partial charge in [0.15, 0.2) is 0 Å². The molecule has 1 aromatic rings. The lowest BCUT2D eigenvalue weighted by Crippen LogP contribution is -2.53. The van der Waals surface area contributed by atoms with Crippen LogP contribution < -0.4 is 11.5 Å². The Hall–Kier alpha value is -1.86. The van der Waals surface area contributed by atoms with Crippen LogP contribution in [0.5, 0.6) is 0 Å². The second kappa shape index (κ2) is 8.01. The van der Waals surface area contributed by atoms with E-state index in [1.807, 2.05) is 12.1 Å². The van der Waals surface area contributed by atoms with Crippen molar-refractivity contribution in [2.75, 3.05) is 13.1 Å². The van der Waals surface area contributed by atoms with E-state index in [2.05, 4.69) is 14.9 Å². The summed E-state index contributed by atoms with van der Waals surface area (Å²) in [5, 5.41) is 0. The van der Waals surface area contributed by atoms with E-state index < -0.39 is 6.17 Å². The van der Waals surface area contributed by atoms with Gasteiger partial charge in [0.05, 0.1) is 12.4 Å². The number of hydrogen-bond acceptors (Lipinski definition) is 3. The number of nitrogens with two attached hydrogens (primary N) is 2.